The lowest BCUT2D eigenvalue weighted by Gasteiger charge is -2.42. The molecule has 1 aromatic rings. The Morgan fingerprint density at radius 3 is 2.72 bits per heavy atom. The van der Waals surface area contributed by atoms with E-state index < -0.39 is 17.9 Å². The van der Waals surface area contributed by atoms with Crippen LogP contribution in [0.5, 0.6) is 5.75 Å². The largest absolute Gasteiger partial charge is 0.426 e. The number of carbonyl (C=O) groups is 1. The maximum absolute atomic E-state index is 12.1. The van der Waals surface area contributed by atoms with E-state index in [1.165, 1.54) is 0 Å². The van der Waals surface area contributed by atoms with Crippen LogP contribution in [0.25, 0.3) is 0 Å². The molecule has 0 radical (unpaired) electrons. The van der Waals surface area contributed by atoms with Crippen LogP contribution in [0, 0.1) is 5.92 Å². The van der Waals surface area contributed by atoms with Crippen LogP contribution in [-0.2, 0) is 14.3 Å². The second kappa shape index (κ2) is 9.32. The van der Waals surface area contributed by atoms with E-state index in [2.05, 4.69) is 6.92 Å². The summed E-state index contributed by atoms with van der Waals surface area (Å²) in [6.07, 6.45) is 3.11. The Bertz CT molecular complexity index is 528. The molecule has 1 fully saturated rings. The first-order chi connectivity index (χ1) is 11.9. The summed E-state index contributed by atoms with van der Waals surface area (Å²) in [5.41, 5.74) is 0. The van der Waals surface area contributed by atoms with Gasteiger partial charge in [0, 0.05) is 5.92 Å². The maximum atomic E-state index is 12.1. The van der Waals surface area contributed by atoms with Crippen molar-refractivity contribution in [3.8, 4) is 5.75 Å². The Morgan fingerprint density at radius 2 is 2.04 bits per heavy atom. The van der Waals surface area contributed by atoms with Crippen LogP contribution in [0.4, 0.5) is 0 Å². The number of para-hydroxylation sites is 1. The van der Waals surface area contributed by atoms with Gasteiger partial charge < -0.3 is 19.3 Å². The minimum Gasteiger partial charge on any atom is -0.426 e. The van der Waals surface area contributed by atoms with Gasteiger partial charge in [0.2, 0.25) is 0 Å². The van der Waals surface area contributed by atoms with E-state index in [1.54, 1.807) is 24.3 Å². The SMILES string of the molecule is CCCCC[C@H]1OC(C)(C)OC[C@H]1[C@@H](O)CC(=O)Oc1ccccc1. The molecular formula is C20H30O5. The molecule has 5 nitrogen and oxygen atoms in total. The fourth-order valence-corrected chi connectivity index (χ4v) is 3.10. The summed E-state index contributed by atoms with van der Waals surface area (Å²) in [4.78, 5) is 12.1. The zero-order chi connectivity index (χ0) is 18.3. The highest BCUT2D eigenvalue weighted by molar-refractivity contribution is 5.72. The first-order valence-corrected chi connectivity index (χ1v) is 9.17. The molecule has 0 bridgehead atoms. The molecule has 3 atom stereocenters. The van der Waals surface area contributed by atoms with Gasteiger partial charge in [0.05, 0.1) is 25.2 Å². The Morgan fingerprint density at radius 1 is 1.32 bits per heavy atom. The van der Waals surface area contributed by atoms with Gasteiger partial charge in [-0.1, -0.05) is 44.4 Å². The van der Waals surface area contributed by atoms with E-state index >= 15 is 0 Å². The van der Waals surface area contributed by atoms with Gasteiger partial charge in [0.1, 0.15) is 5.75 Å². The molecule has 25 heavy (non-hydrogen) atoms. The quantitative estimate of drug-likeness (QED) is 0.440. The summed E-state index contributed by atoms with van der Waals surface area (Å²) in [6, 6.07) is 8.88. The molecule has 140 valence electrons. The first kappa shape index (κ1) is 19.9. The van der Waals surface area contributed by atoms with Gasteiger partial charge in [-0.3, -0.25) is 4.79 Å². The van der Waals surface area contributed by atoms with Crippen molar-refractivity contribution < 1.29 is 24.1 Å². The summed E-state index contributed by atoms with van der Waals surface area (Å²) in [5, 5.41) is 10.6. The average Bonchev–Trinajstić information content (AvgIpc) is 2.55. The van der Waals surface area contributed by atoms with E-state index in [9.17, 15) is 9.90 Å². The van der Waals surface area contributed by atoms with Gasteiger partial charge in [-0.2, -0.15) is 0 Å². The summed E-state index contributed by atoms with van der Waals surface area (Å²) >= 11 is 0. The number of hydrogen-bond donors (Lipinski definition) is 1. The Labute approximate surface area is 150 Å². The maximum Gasteiger partial charge on any atom is 0.313 e. The zero-order valence-corrected chi connectivity index (χ0v) is 15.4. The molecule has 5 heteroatoms. The molecule has 0 aromatic heterocycles. The molecule has 1 aliphatic heterocycles. The van der Waals surface area contributed by atoms with Crippen LogP contribution in [0.2, 0.25) is 0 Å². The smallest absolute Gasteiger partial charge is 0.313 e. The van der Waals surface area contributed by atoms with Gasteiger partial charge in [-0.25, -0.2) is 0 Å². The van der Waals surface area contributed by atoms with E-state index in [0.717, 1.165) is 25.7 Å². The molecule has 1 heterocycles. The predicted molar refractivity (Wildman–Crippen MR) is 95.2 cm³/mol. The molecule has 2 rings (SSSR count). The minimum atomic E-state index is -0.848. The lowest BCUT2D eigenvalue weighted by Crippen LogP contribution is -2.50. The van der Waals surface area contributed by atoms with Gasteiger partial charge in [0.15, 0.2) is 5.79 Å². The van der Waals surface area contributed by atoms with Crippen LogP contribution >= 0.6 is 0 Å². The average molecular weight is 350 g/mol. The normalized spacial score (nSPS) is 23.8. The minimum absolute atomic E-state index is 0.0724. The lowest BCUT2D eigenvalue weighted by molar-refractivity contribution is -0.303. The molecule has 0 aliphatic carbocycles. The number of ether oxygens (including phenoxy) is 3. The van der Waals surface area contributed by atoms with Crippen molar-refractivity contribution in [2.45, 2.75) is 70.9 Å². The van der Waals surface area contributed by atoms with Crippen molar-refractivity contribution in [2.75, 3.05) is 6.61 Å². The van der Waals surface area contributed by atoms with Crippen molar-refractivity contribution in [1.29, 1.82) is 0 Å². The molecule has 0 unspecified atom stereocenters. The van der Waals surface area contributed by atoms with Crippen molar-refractivity contribution in [3.63, 3.8) is 0 Å². The molecule has 1 aromatic carbocycles. The fraction of sp³-hybridized carbons (Fsp3) is 0.650. The van der Waals surface area contributed by atoms with E-state index in [-0.39, 0.29) is 18.4 Å². The van der Waals surface area contributed by atoms with Crippen LogP contribution in [0.3, 0.4) is 0 Å². The Hall–Kier alpha value is -1.43. The standard InChI is InChI=1S/C20H30O5/c1-4-5-7-12-18-16(14-23-20(2,3)25-18)17(21)13-19(22)24-15-10-8-6-9-11-15/h6,8-11,16-18,21H,4-5,7,12-14H2,1-3H3/t16-,17-,18+/m0/s1. The van der Waals surface area contributed by atoms with Gasteiger partial charge >= 0.3 is 5.97 Å². The van der Waals surface area contributed by atoms with Crippen molar-refractivity contribution >= 4 is 5.97 Å². The number of benzene rings is 1. The van der Waals surface area contributed by atoms with Crippen LogP contribution in [0.1, 0.15) is 52.9 Å². The monoisotopic (exact) mass is 350 g/mol. The van der Waals surface area contributed by atoms with Gasteiger partial charge in [0.25, 0.3) is 0 Å². The van der Waals surface area contributed by atoms with Crippen LogP contribution < -0.4 is 4.74 Å². The summed E-state index contributed by atoms with van der Waals surface area (Å²) in [5.74, 6) is -0.849. The number of esters is 1. The predicted octanol–water partition coefficient (Wildman–Crippen LogP) is 3.69. The second-order valence-corrected chi connectivity index (χ2v) is 7.09. The number of rotatable bonds is 8. The molecule has 1 N–H and O–H groups in total. The van der Waals surface area contributed by atoms with Crippen molar-refractivity contribution in [2.24, 2.45) is 5.92 Å². The van der Waals surface area contributed by atoms with Crippen molar-refractivity contribution in [3.05, 3.63) is 30.3 Å². The molecule has 0 amide bonds. The summed E-state index contributed by atoms with van der Waals surface area (Å²) < 4.78 is 17.0. The summed E-state index contributed by atoms with van der Waals surface area (Å²) in [7, 11) is 0. The van der Waals surface area contributed by atoms with E-state index in [4.69, 9.17) is 14.2 Å². The third kappa shape index (κ3) is 6.42. The number of aliphatic hydroxyl groups is 1. The lowest BCUT2D eigenvalue weighted by atomic mass is 9.89. The highest BCUT2D eigenvalue weighted by Crippen LogP contribution is 2.32. The van der Waals surface area contributed by atoms with E-state index in [1.807, 2.05) is 19.9 Å². The molecule has 0 saturated carbocycles. The first-order valence-electron chi connectivity index (χ1n) is 9.17. The number of carbonyl (C=O) groups excluding carboxylic acids is 1. The third-order valence-electron chi connectivity index (χ3n) is 4.47. The number of hydrogen-bond acceptors (Lipinski definition) is 5. The topological polar surface area (TPSA) is 65.0 Å². The molecule has 0 spiro atoms. The Kier molecular flexibility index (Phi) is 7.41. The number of aliphatic hydroxyl groups excluding tert-OH is 1. The number of unbranched alkanes of at least 4 members (excludes halogenated alkanes) is 2. The van der Waals surface area contributed by atoms with Gasteiger partial charge in [-0.15, -0.1) is 0 Å². The molecule has 1 aliphatic rings. The van der Waals surface area contributed by atoms with Crippen LogP contribution in [-0.4, -0.2) is 35.7 Å². The molecule has 1 saturated heterocycles. The highest BCUT2D eigenvalue weighted by atomic mass is 16.7. The molecular weight excluding hydrogens is 320 g/mol. The third-order valence-corrected chi connectivity index (χ3v) is 4.47. The summed E-state index contributed by atoms with van der Waals surface area (Å²) in [6.45, 7) is 6.29. The van der Waals surface area contributed by atoms with Crippen LogP contribution in [0.15, 0.2) is 30.3 Å². The highest BCUT2D eigenvalue weighted by Gasteiger charge is 2.40. The second-order valence-electron chi connectivity index (χ2n) is 7.09. The van der Waals surface area contributed by atoms with E-state index in [0.29, 0.717) is 12.4 Å². The fourth-order valence-electron chi connectivity index (χ4n) is 3.10. The zero-order valence-electron chi connectivity index (χ0n) is 15.4. The van der Waals surface area contributed by atoms with Crippen molar-refractivity contribution in [1.82, 2.24) is 0 Å². The van der Waals surface area contributed by atoms with Gasteiger partial charge in [-0.05, 0) is 32.4 Å². The Balaban J connectivity index is 1.92.